The number of anilines is 1. The largest absolute Gasteiger partial charge is 0.503 e. The quantitative estimate of drug-likeness (QED) is 0.731. The van der Waals surface area contributed by atoms with Crippen LogP contribution in [-0.2, 0) is 12.8 Å². The van der Waals surface area contributed by atoms with Crippen molar-refractivity contribution in [3.8, 4) is 22.8 Å². The number of aromatic carboxylic acids is 1. The van der Waals surface area contributed by atoms with E-state index in [9.17, 15) is 14.7 Å². The topological polar surface area (TPSA) is 103 Å². The van der Waals surface area contributed by atoms with Gasteiger partial charge >= 0.3 is 5.97 Å². The molecule has 1 aromatic heterocycles. The molecule has 0 radical (unpaired) electrons. The Balaban J connectivity index is 2.00. The smallest absolute Gasteiger partial charge is 0.345 e. The lowest BCUT2D eigenvalue weighted by Crippen LogP contribution is -2.19. The van der Waals surface area contributed by atoms with Crippen LogP contribution >= 0.6 is 0 Å². The number of benzene rings is 1. The molecule has 0 saturated heterocycles. The summed E-state index contributed by atoms with van der Waals surface area (Å²) in [4.78, 5) is 28.1. The number of pyridine rings is 1. The molecule has 0 unspecified atom stereocenters. The number of rotatable bonds is 1. The molecule has 1 aromatic carbocycles. The SMILES string of the molecule is CN1CCc2cc3c(cc21)CCOc1c-3[nH]c(=O)c(C(=O)O)c1O. The van der Waals surface area contributed by atoms with Crippen molar-refractivity contribution in [1.82, 2.24) is 4.98 Å². The number of aromatic hydroxyl groups is 1. The summed E-state index contributed by atoms with van der Waals surface area (Å²) in [6.07, 6.45) is 1.51. The first-order chi connectivity index (χ1) is 11.5. The maximum Gasteiger partial charge on any atom is 0.345 e. The number of carbonyl (C=O) groups is 1. The maximum atomic E-state index is 12.1. The van der Waals surface area contributed by atoms with Crippen molar-refractivity contribution in [3.05, 3.63) is 39.2 Å². The first kappa shape index (κ1) is 14.6. The van der Waals surface area contributed by atoms with Gasteiger partial charge in [0.2, 0.25) is 0 Å². The van der Waals surface area contributed by atoms with Gasteiger partial charge in [-0.2, -0.15) is 0 Å². The number of fused-ring (bicyclic) bond motifs is 4. The van der Waals surface area contributed by atoms with E-state index in [1.54, 1.807) is 0 Å². The highest BCUT2D eigenvalue weighted by molar-refractivity contribution is 5.93. The predicted octanol–water partition coefficient (Wildman–Crippen LogP) is 1.37. The summed E-state index contributed by atoms with van der Waals surface area (Å²) >= 11 is 0. The van der Waals surface area contributed by atoms with Crippen molar-refractivity contribution in [3.63, 3.8) is 0 Å². The van der Waals surface area contributed by atoms with Crippen LogP contribution in [0.1, 0.15) is 21.5 Å². The van der Waals surface area contributed by atoms with Crippen molar-refractivity contribution in [2.45, 2.75) is 12.8 Å². The lowest BCUT2D eigenvalue weighted by Gasteiger charge is -2.15. The van der Waals surface area contributed by atoms with E-state index in [-0.39, 0.29) is 5.75 Å². The number of likely N-dealkylation sites (N-methyl/N-ethyl adjacent to an activating group) is 1. The number of hydrogen-bond donors (Lipinski definition) is 3. The lowest BCUT2D eigenvalue weighted by atomic mass is 9.97. The van der Waals surface area contributed by atoms with Crippen LogP contribution in [-0.4, -0.2) is 41.4 Å². The molecule has 0 fully saturated rings. The van der Waals surface area contributed by atoms with Gasteiger partial charge in [-0.1, -0.05) is 0 Å². The minimum atomic E-state index is -1.49. The van der Waals surface area contributed by atoms with Gasteiger partial charge in [-0.25, -0.2) is 4.79 Å². The fraction of sp³-hybridized carbons (Fsp3) is 0.294. The van der Waals surface area contributed by atoms with Crippen LogP contribution in [0.15, 0.2) is 16.9 Å². The molecule has 24 heavy (non-hydrogen) atoms. The zero-order chi connectivity index (χ0) is 17.0. The number of aromatic nitrogens is 1. The second kappa shape index (κ2) is 5.02. The van der Waals surface area contributed by atoms with Gasteiger partial charge in [0.05, 0.1) is 12.3 Å². The third-order valence-electron chi connectivity index (χ3n) is 4.68. The fourth-order valence-corrected chi connectivity index (χ4v) is 3.44. The molecule has 124 valence electrons. The highest BCUT2D eigenvalue weighted by Crippen LogP contribution is 2.43. The zero-order valence-corrected chi connectivity index (χ0v) is 13.0. The third kappa shape index (κ3) is 1.97. The molecule has 3 N–H and O–H groups in total. The summed E-state index contributed by atoms with van der Waals surface area (Å²) in [6.45, 7) is 1.22. The molecule has 0 aliphatic carbocycles. The molecule has 0 atom stereocenters. The number of nitrogens with one attached hydrogen (secondary N) is 1. The summed E-state index contributed by atoms with van der Waals surface area (Å²) in [5, 5.41) is 19.4. The van der Waals surface area contributed by atoms with E-state index in [1.165, 1.54) is 0 Å². The Bertz CT molecular complexity index is 932. The second-order valence-electron chi connectivity index (χ2n) is 6.10. The Morgan fingerprint density at radius 1 is 1.29 bits per heavy atom. The summed E-state index contributed by atoms with van der Waals surface area (Å²) in [6, 6.07) is 4.08. The minimum absolute atomic E-state index is 0.0250. The van der Waals surface area contributed by atoms with E-state index in [0.29, 0.717) is 18.7 Å². The minimum Gasteiger partial charge on any atom is -0.503 e. The molecule has 2 aliphatic heterocycles. The number of hydrogen-bond acceptors (Lipinski definition) is 5. The van der Waals surface area contributed by atoms with E-state index in [1.807, 2.05) is 13.1 Å². The first-order valence-electron chi connectivity index (χ1n) is 7.70. The average molecular weight is 328 g/mol. The zero-order valence-electron chi connectivity index (χ0n) is 13.0. The van der Waals surface area contributed by atoms with E-state index >= 15 is 0 Å². The molecule has 7 nitrogen and oxygen atoms in total. The van der Waals surface area contributed by atoms with E-state index in [0.717, 1.165) is 35.3 Å². The molecule has 3 heterocycles. The van der Waals surface area contributed by atoms with Crippen LogP contribution in [0.2, 0.25) is 0 Å². The van der Waals surface area contributed by atoms with Crippen molar-refractivity contribution < 1.29 is 19.7 Å². The lowest BCUT2D eigenvalue weighted by molar-refractivity contribution is 0.0690. The Kier molecular flexibility index (Phi) is 3.06. The summed E-state index contributed by atoms with van der Waals surface area (Å²) < 4.78 is 5.57. The fourth-order valence-electron chi connectivity index (χ4n) is 3.44. The van der Waals surface area contributed by atoms with E-state index < -0.39 is 22.8 Å². The Labute approximate surface area is 137 Å². The standard InChI is InChI=1S/C17H16N2O5/c1-19-4-2-9-6-10-8(7-11(9)19)3-5-24-15-13(10)18-16(21)12(14(15)20)17(22)23/h6-7H,2-5H2,1H3,(H,22,23)(H2,18,20,21). The molecule has 7 heteroatoms. The van der Waals surface area contributed by atoms with Gasteiger partial charge in [0.1, 0.15) is 0 Å². The Hall–Kier alpha value is -2.96. The van der Waals surface area contributed by atoms with Crippen LogP contribution in [0.25, 0.3) is 11.3 Å². The van der Waals surface area contributed by atoms with Crippen molar-refractivity contribution in [2.75, 3.05) is 25.1 Å². The van der Waals surface area contributed by atoms with Gasteiger partial charge in [0.15, 0.2) is 17.1 Å². The molecule has 4 rings (SSSR count). The average Bonchev–Trinajstić information content (AvgIpc) is 2.78. The van der Waals surface area contributed by atoms with Gasteiger partial charge < -0.3 is 24.8 Å². The normalized spacial score (nSPS) is 15.1. The molecular formula is C17H16N2O5. The van der Waals surface area contributed by atoms with Crippen LogP contribution in [0, 0.1) is 0 Å². The van der Waals surface area contributed by atoms with E-state index in [4.69, 9.17) is 9.84 Å². The maximum absolute atomic E-state index is 12.1. The van der Waals surface area contributed by atoms with Gasteiger partial charge in [0, 0.05) is 31.3 Å². The number of aromatic amines is 1. The van der Waals surface area contributed by atoms with Crippen LogP contribution in [0.4, 0.5) is 5.69 Å². The summed E-state index contributed by atoms with van der Waals surface area (Å²) in [7, 11) is 2.03. The molecular weight excluding hydrogens is 312 g/mol. The monoisotopic (exact) mass is 328 g/mol. The highest BCUT2D eigenvalue weighted by Gasteiger charge is 2.28. The molecule has 0 spiro atoms. The van der Waals surface area contributed by atoms with E-state index in [2.05, 4.69) is 16.0 Å². The Morgan fingerprint density at radius 2 is 2.08 bits per heavy atom. The van der Waals surface area contributed by atoms with Crippen LogP contribution in [0.3, 0.4) is 0 Å². The molecule has 0 saturated carbocycles. The van der Waals surface area contributed by atoms with Gasteiger partial charge in [0.25, 0.3) is 5.56 Å². The number of ether oxygens (including phenoxy) is 1. The van der Waals surface area contributed by atoms with Gasteiger partial charge in [-0.3, -0.25) is 4.79 Å². The number of nitrogens with zero attached hydrogens (tertiary/aromatic N) is 1. The van der Waals surface area contributed by atoms with Crippen LogP contribution < -0.4 is 15.2 Å². The van der Waals surface area contributed by atoms with Crippen molar-refractivity contribution in [1.29, 1.82) is 0 Å². The molecule has 2 aliphatic rings. The third-order valence-corrected chi connectivity index (χ3v) is 4.68. The number of carboxylic acid groups (broad SMARTS) is 1. The number of H-pyrrole nitrogens is 1. The molecule has 0 bridgehead atoms. The van der Waals surface area contributed by atoms with Crippen molar-refractivity contribution >= 4 is 11.7 Å². The predicted molar refractivity (Wildman–Crippen MR) is 87.3 cm³/mol. The molecule has 0 amide bonds. The molecule has 2 aromatic rings. The van der Waals surface area contributed by atoms with Crippen LogP contribution in [0.5, 0.6) is 11.5 Å². The van der Waals surface area contributed by atoms with Crippen molar-refractivity contribution in [2.24, 2.45) is 0 Å². The summed E-state index contributed by atoms with van der Waals surface area (Å²) in [5.74, 6) is -2.08. The Morgan fingerprint density at radius 3 is 2.83 bits per heavy atom. The highest BCUT2D eigenvalue weighted by atomic mass is 16.5. The first-order valence-corrected chi connectivity index (χ1v) is 7.70. The number of carboxylic acids is 1. The van der Waals surface area contributed by atoms with Gasteiger partial charge in [-0.15, -0.1) is 0 Å². The van der Waals surface area contributed by atoms with Gasteiger partial charge in [-0.05, 0) is 29.7 Å². The second-order valence-corrected chi connectivity index (χ2v) is 6.10. The summed E-state index contributed by atoms with van der Waals surface area (Å²) in [5.41, 5.74) is 2.90.